The van der Waals surface area contributed by atoms with Crippen LogP contribution in [-0.4, -0.2) is 131 Å². The lowest BCUT2D eigenvalue weighted by Crippen LogP contribution is -2.15. The van der Waals surface area contributed by atoms with Crippen molar-refractivity contribution in [2.24, 2.45) is 0 Å². The molecule has 0 aromatic heterocycles. The first-order chi connectivity index (χ1) is 20.4. The van der Waals surface area contributed by atoms with Crippen LogP contribution in [0.15, 0.2) is 30.3 Å². The Hall–Kier alpha value is -1.05. The topological polar surface area (TPSA) is 92.3 Å². The highest BCUT2D eigenvalue weighted by atomic mass is 35.5. The van der Waals surface area contributed by atoms with Gasteiger partial charge in [-0.05, 0) is 25.0 Å². The molecule has 0 radical (unpaired) electrons. The second-order valence-electron chi connectivity index (χ2n) is 8.78. The van der Waals surface area contributed by atoms with Gasteiger partial charge < -0.3 is 47.4 Å². The van der Waals surface area contributed by atoms with E-state index in [1.807, 2.05) is 30.3 Å². The van der Waals surface area contributed by atoms with Crippen LogP contribution < -0.4 is 4.74 Å². The van der Waals surface area contributed by atoms with Crippen molar-refractivity contribution in [3.8, 4) is 5.75 Å². The predicted molar refractivity (Wildman–Crippen MR) is 158 cm³/mol. The van der Waals surface area contributed by atoms with Gasteiger partial charge in [0, 0.05) is 12.5 Å². The van der Waals surface area contributed by atoms with Crippen molar-refractivity contribution in [2.75, 3.05) is 131 Å². The molecule has 0 heterocycles. The molecule has 0 aliphatic carbocycles. The monoisotopic (exact) mass is 608 g/mol. The van der Waals surface area contributed by atoms with Crippen LogP contribution in [0.25, 0.3) is 0 Å². The summed E-state index contributed by atoms with van der Waals surface area (Å²) in [5, 5.41) is 0. The molecule has 1 aromatic carbocycles. The average molecular weight is 609 g/mol. The lowest BCUT2D eigenvalue weighted by Gasteiger charge is -2.09. The molecule has 0 unspecified atom stereocenters. The highest BCUT2D eigenvalue weighted by Gasteiger charge is 1.97. The third kappa shape index (κ3) is 30.2. The second kappa shape index (κ2) is 33.5. The summed E-state index contributed by atoms with van der Waals surface area (Å²) in [7, 11) is 0. The number of ether oxygens (including phenoxy) is 10. The van der Waals surface area contributed by atoms with Crippen LogP contribution in [0.3, 0.4) is 0 Å². The molecule has 0 bridgehead atoms. The molecule has 0 atom stereocenters. The zero-order chi connectivity index (χ0) is 29.2. The molecular formula is C30H53ClO10. The number of unbranched alkanes of at least 4 members (excludes halogenated alkanes) is 3. The van der Waals surface area contributed by atoms with Gasteiger partial charge in [0.2, 0.25) is 0 Å². The molecule has 11 heteroatoms. The first-order valence-electron chi connectivity index (χ1n) is 14.9. The number of para-hydroxylation sites is 1. The number of hydrogen-bond acceptors (Lipinski definition) is 10. The summed E-state index contributed by atoms with van der Waals surface area (Å²) in [6, 6.07) is 9.68. The number of rotatable bonds is 34. The van der Waals surface area contributed by atoms with E-state index in [4.69, 9.17) is 59.0 Å². The van der Waals surface area contributed by atoms with Crippen molar-refractivity contribution in [3.63, 3.8) is 0 Å². The van der Waals surface area contributed by atoms with Gasteiger partial charge in [-0.25, -0.2) is 0 Å². The third-order valence-corrected chi connectivity index (χ3v) is 5.66. The van der Waals surface area contributed by atoms with Crippen molar-refractivity contribution < 1.29 is 47.4 Å². The van der Waals surface area contributed by atoms with E-state index in [-0.39, 0.29) is 0 Å². The van der Waals surface area contributed by atoms with Crippen LogP contribution in [0.2, 0.25) is 0 Å². The normalized spacial score (nSPS) is 11.3. The van der Waals surface area contributed by atoms with E-state index in [2.05, 4.69) is 0 Å². The van der Waals surface area contributed by atoms with Gasteiger partial charge in [0.1, 0.15) is 12.4 Å². The predicted octanol–water partition coefficient (Wildman–Crippen LogP) is 4.01. The van der Waals surface area contributed by atoms with Gasteiger partial charge in [-0.1, -0.05) is 31.0 Å². The fourth-order valence-electron chi connectivity index (χ4n) is 3.25. The maximum atomic E-state index is 5.65. The Kier molecular flexibility index (Phi) is 31.0. The van der Waals surface area contributed by atoms with E-state index in [9.17, 15) is 0 Å². The molecule has 0 saturated heterocycles. The lowest BCUT2D eigenvalue weighted by atomic mass is 10.2. The van der Waals surface area contributed by atoms with E-state index < -0.39 is 0 Å². The van der Waals surface area contributed by atoms with Gasteiger partial charge in [0.05, 0.1) is 112 Å². The zero-order valence-electron chi connectivity index (χ0n) is 24.8. The van der Waals surface area contributed by atoms with Gasteiger partial charge in [0.15, 0.2) is 0 Å². The van der Waals surface area contributed by atoms with E-state index in [0.29, 0.717) is 119 Å². The second-order valence-corrected chi connectivity index (χ2v) is 9.15. The van der Waals surface area contributed by atoms with Crippen LogP contribution >= 0.6 is 11.6 Å². The van der Waals surface area contributed by atoms with Crippen LogP contribution in [0, 0.1) is 0 Å². The van der Waals surface area contributed by atoms with E-state index in [1.165, 1.54) is 12.8 Å². The molecule has 1 rings (SSSR count). The minimum atomic E-state index is 0.521. The first kappa shape index (κ1) is 38.0. The molecule has 0 amide bonds. The average Bonchev–Trinajstić information content (AvgIpc) is 3.00. The van der Waals surface area contributed by atoms with Crippen LogP contribution in [0.5, 0.6) is 5.75 Å². The summed E-state index contributed by atoms with van der Waals surface area (Å²) in [5.74, 6) is 1.59. The molecule has 0 saturated carbocycles. The SMILES string of the molecule is ClCCCCCCOCCOCCOCCOCCOCCOCCOCCOCCOCCOc1ccccc1. The minimum absolute atomic E-state index is 0.521. The largest absolute Gasteiger partial charge is 0.491 e. The van der Waals surface area contributed by atoms with E-state index >= 15 is 0 Å². The summed E-state index contributed by atoms with van der Waals surface area (Å²) in [4.78, 5) is 0. The first-order valence-corrected chi connectivity index (χ1v) is 15.4. The van der Waals surface area contributed by atoms with Crippen molar-refractivity contribution in [3.05, 3.63) is 30.3 Å². The molecule has 0 fully saturated rings. The minimum Gasteiger partial charge on any atom is -0.491 e. The van der Waals surface area contributed by atoms with E-state index in [1.54, 1.807) is 0 Å². The molecular weight excluding hydrogens is 556 g/mol. The summed E-state index contributed by atoms with van der Waals surface area (Å²) in [6.45, 7) is 10.5. The Bertz CT molecular complexity index is 614. The highest BCUT2D eigenvalue weighted by molar-refractivity contribution is 6.17. The summed E-state index contributed by atoms with van der Waals surface area (Å²) < 4.78 is 54.9. The van der Waals surface area contributed by atoms with Crippen molar-refractivity contribution in [2.45, 2.75) is 25.7 Å². The van der Waals surface area contributed by atoms with E-state index in [0.717, 1.165) is 31.1 Å². The highest BCUT2D eigenvalue weighted by Crippen LogP contribution is 2.07. The lowest BCUT2D eigenvalue weighted by molar-refractivity contribution is -0.0254. The molecule has 41 heavy (non-hydrogen) atoms. The Balaban J connectivity index is 1.61. The maximum absolute atomic E-state index is 5.65. The molecule has 10 nitrogen and oxygen atoms in total. The maximum Gasteiger partial charge on any atom is 0.119 e. The molecule has 0 N–H and O–H groups in total. The number of halogens is 1. The van der Waals surface area contributed by atoms with Gasteiger partial charge in [-0.3, -0.25) is 0 Å². The van der Waals surface area contributed by atoms with Crippen LogP contribution in [0.4, 0.5) is 0 Å². The van der Waals surface area contributed by atoms with Gasteiger partial charge in [-0.15, -0.1) is 11.6 Å². The fourth-order valence-corrected chi connectivity index (χ4v) is 3.44. The summed E-state index contributed by atoms with van der Waals surface area (Å²) >= 11 is 5.65. The number of benzene rings is 1. The molecule has 0 aliphatic heterocycles. The summed E-state index contributed by atoms with van der Waals surface area (Å²) in [6.07, 6.45) is 4.51. The smallest absolute Gasteiger partial charge is 0.119 e. The fraction of sp³-hybridized carbons (Fsp3) is 0.800. The Morgan fingerprint density at radius 3 is 1.02 bits per heavy atom. The van der Waals surface area contributed by atoms with Crippen LogP contribution in [0.1, 0.15) is 25.7 Å². The molecule has 1 aromatic rings. The van der Waals surface area contributed by atoms with Crippen molar-refractivity contribution in [1.82, 2.24) is 0 Å². The Morgan fingerprint density at radius 1 is 0.341 bits per heavy atom. The molecule has 0 spiro atoms. The van der Waals surface area contributed by atoms with Crippen LogP contribution in [-0.2, 0) is 42.6 Å². The quantitative estimate of drug-likeness (QED) is 0.0844. The number of hydrogen-bond donors (Lipinski definition) is 0. The standard InChI is InChI=1S/C30H53ClO10/c31-10-6-1-2-7-11-32-12-13-33-14-15-34-16-17-35-18-19-36-20-21-37-22-23-38-24-25-39-26-27-40-28-29-41-30-8-4-3-5-9-30/h3-5,8-9H,1-2,6-7,10-29H2. The molecule has 0 aliphatic rings. The third-order valence-electron chi connectivity index (χ3n) is 5.39. The van der Waals surface area contributed by atoms with Gasteiger partial charge >= 0.3 is 0 Å². The van der Waals surface area contributed by atoms with Gasteiger partial charge in [-0.2, -0.15) is 0 Å². The van der Waals surface area contributed by atoms with Crippen molar-refractivity contribution >= 4 is 11.6 Å². The Labute approximate surface area is 252 Å². The zero-order valence-corrected chi connectivity index (χ0v) is 25.6. The molecule has 240 valence electrons. The Morgan fingerprint density at radius 2 is 0.659 bits per heavy atom. The van der Waals surface area contributed by atoms with Gasteiger partial charge in [0.25, 0.3) is 0 Å². The van der Waals surface area contributed by atoms with Crippen molar-refractivity contribution in [1.29, 1.82) is 0 Å². The summed E-state index contributed by atoms with van der Waals surface area (Å²) in [5.41, 5.74) is 0. The number of alkyl halides is 1.